The average molecular weight is 628 g/mol. The number of aliphatic carboxylic acids is 2. The number of amides is 5. The van der Waals surface area contributed by atoms with Crippen LogP contribution in [0.15, 0.2) is 0 Å². The highest BCUT2D eigenvalue weighted by Gasteiger charge is 2.41. The largest absolute Gasteiger partial charge is 0.481 e. The van der Waals surface area contributed by atoms with Gasteiger partial charge in [-0.3, -0.25) is 34.2 Å². The van der Waals surface area contributed by atoms with E-state index in [4.69, 9.17) is 22.6 Å². The molecule has 0 aromatic carbocycles. The lowest BCUT2D eigenvalue weighted by Gasteiger charge is -2.34. The highest BCUT2D eigenvalue weighted by Crippen LogP contribution is 2.20. The highest BCUT2D eigenvalue weighted by molar-refractivity contribution is 5.98. The number of primary amides is 1. The summed E-state index contributed by atoms with van der Waals surface area (Å²) in [5.41, 5.74) is 16.0. The van der Waals surface area contributed by atoms with Crippen LogP contribution in [0.25, 0.3) is 0 Å². The maximum absolute atomic E-state index is 13.9. The third-order valence-electron chi connectivity index (χ3n) is 6.98. The molecule has 18 heteroatoms. The lowest BCUT2D eigenvalue weighted by molar-refractivity contribution is -0.151. The smallest absolute Gasteiger partial charge is 0.326 e. The molecule has 0 aliphatic carbocycles. The lowest BCUT2D eigenvalue weighted by atomic mass is 10.0. The van der Waals surface area contributed by atoms with Gasteiger partial charge in [-0.2, -0.15) is 0 Å². The van der Waals surface area contributed by atoms with E-state index in [0.29, 0.717) is 19.3 Å². The van der Waals surface area contributed by atoms with Gasteiger partial charge in [0.25, 0.3) is 0 Å². The first-order chi connectivity index (χ1) is 20.7. The van der Waals surface area contributed by atoms with Gasteiger partial charge in [-0.25, -0.2) is 4.79 Å². The molecule has 0 aromatic rings. The molecule has 18 nitrogen and oxygen atoms in total. The van der Waals surface area contributed by atoms with E-state index in [1.807, 2.05) is 6.92 Å². The van der Waals surface area contributed by atoms with Crippen molar-refractivity contribution in [1.82, 2.24) is 25.8 Å². The Labute approximate surface area is 254 Å². The van der Waals surface area contributed by atoms with Crippen molar-refractivity contribution in [3.8, 4) is 0 Å². The van der Waals surface area contributed by atoms with Gasteiger partial charge in [0, 0.05) is 19.6 Å². The van der Waals surface area contributed by atoms with E-state index in [9.17, 15) is 43.8 Å². The number of nitrogens with one attached hydrogen (secondary N) is 4. The number of likely N-dealkylation sites (tertiary alicyclic amines) is 1. The van der Waals surface area contributed by atoms with E-state index < -0.39 is 85.0 Å². The molecule has 1 aliphatic rings. The van der Waals surface area contributed by atoms with E-state index in [-0.39, 0.29) is 44.9 Å². The second kappa shape index (κ2) is 18.9. The molecule has 1 saturated heterocycles. The molecule has 0 bridgehead atoms. The van der Waals surface area contributed by atoms with E-state index >= 15 is 0 Å². The normalized spacial score (nSPS) is 16.2. The predicted octanol–water partition coefficient (Wildman–Crippen LogP) is -3.01. The van der Waals surface area contributed by atoms with Crippen LogP contribution < -0.4 is 33.2 Å². The van der Waals surface area contributed by atoms with Crippen molar-refractivity contribution in [1.29, 1.82) is 5.41 Å². The number of unbranched alkanes of at least 4 members (excludes halogenated alkanes) is 2. The standard InChI is InChI=1S/C26H45N9O9/c1-2-3-4-10-35(23(41)15(32-20(37)14-27)7-5-9-31-26(29)30)18(13-21(38)39)22(40)33-16(12-19(28)36)24(42)34-11-6-8-17(34)25(43)44/h15-18H,2-14,27H2,1H3,(H2,28,36)(H,32,37)(H,33,40)(H,38,39)(H,43,44)(H4,29,30,31)/t15?,16?,17-,18?/m0/s1. The fourth-order valence-electron chi connectivity index (χ4n) is 4.86. The maximum atomic E-state index is 13.9. The van der Waals surface area contributed by atoms with Gasteiger partial charge in [0.2, 0.25) is 29.5 Å². The number of hydrogen-bond donors (Lipinski definition) is 9. The second-order valence-corrected chi connectivity index (χ2v) is 10.4. The summed E-state index contributed by atoms with van der Waals surface area (Å²) in [7, 11) is 0. The Morgan fingerprint density at radius 1 is 1.00 bits per heavy atom. The average Bonchev–Trinajstić information content (AvgIpc) is 3.45. The summed E-state index contributed by atoms with van der Waals surface area (Å²) in [5, 5.41) is 33.8. The van der Waals surface area contributed by atoms with Gasteiger partial charge < -0.3 is 53.2 Å². The second-order valence-electron chi connectivity index (χ2n) is 10.4. The van der Waals surface area contributed by atoms with E-state index in [0.717, 1.165) is 16.2 Å². The zero-order valence-electron chi connectivity index (χ0n) is 24.9. The zero-order valence-corrected chi connectivity index (χ0v) is 24.9. The Morgan fingerprint density at radius 3 is 2.23 bits per heavy atom. The number of carbonyl (C=O) groups is 7. The SMILES string of the molecule is CCCCCN(C(=O)C(CCCNC(=N)N)NC(=O)CN)C(CC(=O)O)C(=O)NC(CC(N)=O)C(=O)N1CCC[C@H]1C(=O)O. The van der Waals surface area contributed by atoms with Crippen molar-refractivity contribution in [3.05, 3.63) is 0 Å². The monoisotopic (exact) mass is 627 g/mol. The number of nitrogens with two attached hydrogens (primary N) is 3. The summed E-state index contributed by atoms with van der Waals surface area (Å²) >= 11 is 0. The Bertz CT molecular complexity index is 1070. The van der Waals surface area contributed by atoms with Gasteiger partial charge in [0.1, 0.15) is 24.2 Å². The summed E-state index contributed by atoms with van der Waals surface area (Å²) < 4.78 is 0. The Hall–Kier alpha value is -4.48. The quantitative estimate of drug-likeness (QED) is 0.0370. The number of guanidine groups is 1. The molecule has 1 heterocycles. The first-order valence-corrected chi connectivity index (χ1v) is 14.4. The molecule has 0 spiro atoms. The van der Waals surface area contributed by atoms with Crippen LogP contribution in [0.2, 0.25) is 0 Å². The van der Waals surface area contributed by atoms with Crippen LogP contribution in [0.5, 0.6) is 0 Å². The molecule has 5 amide bonds. The summed E-state index contributed by atoms with van der Waals surface area (Å²) in [4.78, 5) is 90.4. The zero-order chi connectivity index (χ0) is 33.4. The topological polar surface area (TPSA) is 304 Å². The molecule has 3 unspecified atom stereocenters. The summed E-state index contributed by atoms with van der Waals surface area (Å²) in [5.74, 6) is -7.42. The molecular formula is C26H45N9O9. The third kappa shape index (κ3) is 12.4. The Morgan fingerprint density at radius 2 is 1.68 bits per heavy atom. The summed E-state index contributed by atoms with van der Waals surface area (Å²) in [6.07, 6.45) is 0.921. The van der Waals surface area contributed by atoms with E-state index in [1.54, 1.807) is 0 Å². The van der Waals surface area contributed by atoms with Gasteiger partial charge in [-0.15, -0.1) is 0 Å². The molecule has 1 fully saturated rings. The first kappa shape index (κ1) is 37.5. The van der Waals surface area contributed by atoms with Gasteiger partial charge in [-0.1, -0.05) is 19.8 Å². The minimum absolute atomic E-state index is 0.0187. The molecule has 1 rings (SSSR count). The fourth-order valence-corrected chi connectivity index (χ4v) is 4.86. The van der Waals surface area contributed by atoms with Crippen LogP contribution in [0.4, 0.5) is 0 Å². The minimum atomic E-state index is -1.68. The molecule has 44 heavy (non-hydrogen) atoms. The van der Waals surface area contributed by atoms with E-state index in [1.165, 1.54) is 0 Å². The van der Waals surface area contributed by atoms with Gasteiger partial charge in [-0.05, 0) is 32.1 Å². The van der Waals surface area contributed by atoms with Crippen LogP contribution in [0.3, 0.4) is 0 Å². The molecule has 248 valence electrons. The Kier molecular flexibility index (Phi) is 16.2. The van der Waals surface area contributed by atoms with Crippen LogP contribution in [-0.2, 0) is 33.6 Å². The number of carboxylic acids is 2. The van der Waals surface area contributed by atoms with Crippen molar-refractivity contribution >= 4 is 47.4 Å². The predicted molar refractivity (Wildman–Crippen MR) is 156 cm³/mol. The van der Waals surface area contributed by atoms with Crippen LogP contribution in [-0.4, -0.2) is 118 Å². The molecule has 1 aliphatic heterocycles. The van der Waals surface area contributed by atoms with Gasteiger partial charge in [0.05, 0.1) is 19.4 Å². The molecule has 12 N–H and O–H groups in total. The number of nitrogens with zero attached hydrogens (tertiary/aromatic N) is 2. The fraction of sp³-hybridized carbons (Fsp3) is 0.692. The summed E-state index contributed by atoms with van der Waals surface area (Å²) in [6.45, 7) is 1.59. The molecule has 4 atom stereocenters. The summed E-state index contributed by atoms with van der Waals surface area (Å²) in [6, 6.07) is -5.70. The first-order valence-electron chi connectivity index (χ1n) is 14.4. The maximum Gasteiger partial charge on any atom is 0.326 e. The van der Waals surface area contributed by atoms with Crippen molar-refractivity contribution in [2.75, 3.05) is 26.2 Å². The number of carboxylic acid groups (broad SMARTS) is 2. The van der Waals surface area contributed by atoms with Gasteiger partial charge >= 0.3 is 11.9 Å². The molecular weight excluding hydrogens is 582 g/mol. The third-order valence-corrected chi connectivity index (χ3v) is 6.98. The number of rotatable bonds is 20. The lowest BCUT2D eigenvalue weighted by Crippen LogP contribution is -2.60. The van der Waals surface area contributed by atoms with Crippen molar-refractivity contribution < 1.29 is 43.8 Å². The highest BCUT2D eigenvalue weighted by atomic mass is 16.4. The molecule has 0 saturated carbocycles. The van der Waals surface area contributed by atoms with Crippen molar-refractivity contribution in [2.24, 2.45) is 17.2 Å². The molecule has 0 aromatic heterocycles. The molecule has 0 radical (unpaired) electrons. The Balaban J connectivity index is 3.42. The number of carbonyl (C=O) groups excluding carboxylic acids is 5. The van der Waals surface area contributed by atoms with Crippen molar-refractivity contribution in [3.63, 3.8) is 0 Å². The van der Waals surface area contributed by atoms with E-state index in [2.05, 4.69) is 16.0 Å². The van der Waals surface area contributed by atoms with Crippen molar-refractivity contribution in [2.45, 2.75) is 88.9 Å². The minimum Gasteiger partial charge on any atom is -0.481 e. The van der Waals surface area contributed by atoms with Gasteiger partial charge in [0.15, 0.2) is 5.96 Å². The van der Waals surface area contributed by atoms with Crippen LogP contribution >= 0.6 is 0 Å². The number of hydrogen-bond acceptors (Lipinski definition) is 9. The van der Waals surface area contributed by atoms with Crippen LogP contribution in [0, 0.1) is 5.41 Å². The van der Waals surface area contributed by atoms with Crippen LogP contribution in [0.1, 0.15) is 64.7 Å².